The van der Waals surface area contributed by atoms with E-state index in [1.54, 1.807) is 6.92 Å². The lowest BCUT2D eigenvalue weighted by molar-refractivity contribution is -0.161. The maximum absolute atomic E-state index is 11.6. The van der Waals surface area contributed by atoms with E-state index < -0.39 is 0 Å². The van der Waals surface area contributed by atoms with E-state index in [0.29, 0.717) is 11.5 Å². The van der Waals surface area contributed by atoms with Crippen LogP contribution in [0.4, 0.5) is 0 Å². The molecule has 16 heavy (non-hydrogen) atoms. The van der Waals surface area contributed by atoms with Crippen LogP contribution in [0.3, 0.4) is 0 Å². The first-order chi connectivity index (χ1) is 7.49. The van der Waals surface area contributed by atoms with Crippen LogP contribution in [-0.4, -0.2) is 11.6 Å². The molecule has 1 saturated carbocycles. The van der Waals surface area contributed by atoms with Crippen molar-refractivity contribution in [3.8, 4) is 0 Å². The smallest absolute Gasteiger partial charge is 0.333 e. The van der Waals surface area contributed by atoms with Gasteiger partial charge in [0, 0.05) is 5.57 Å². The molecule has 0 aromatic rings. The van der Waals surface area contributed by atoms with Crippen LogP contribution in [0.1, 0.15) is 59.3 Å². The fraction of sp³-hybridized carbons (Fsp3) is 0.786. The molecule has 0 aliphatic heterocycles. The van der Waals surface area contributed by atoms with E-state index in [4.69, 9.17) is 4.74 Å². The molecule has 92 valence electrons. The molecule has 0 N–H and O–H groups in total. The average Bonchev–Trinajstić information content (AvgIpc) is 2.29. The van der Waals surface area contributed by atoms with Gasteiger partial charge in [0.2, 0.25) is 0 Å². The van der Waals surface area contributed by atoms with Crippen LogP contribution in [0.5, 0.6) is 0 Å². The Balaban J connectivity index is 2.67. The maximum Gasteiger partial charge on any atom is 0.333 e. The minimum absolute atomic E-state index is 0.241. The van der Waals surface area contributed by atoms with Crippen molar-refractivity contribution in [3.05, 3.63) is 12.2 Å². The van der Waals surface area contributed by atoms with Gasteiger partial charge in [-0.3, -0.25) is 0 Å². The van der Waals surface area contributed by atoms with Gasteiger partial charge in [0.05, 0.1) is 0 Å². The van der Waals surface area contributed by atoms with Gasteiger partial charge in [-0.25, -0.2) is 4.79 Å². The minimum atomic E-state index is -0.295. The van der Waals surface area contributed by atoms with Crippen molar-refractivity contribution in [2.24, 2.45) is 5.92 Å². The van der Waals surface area contributed by atoms with Crippen molar-refractivity contribution in [3.63, 3.8) is 0 Å². The molecule has 0 bridgehead atoms. The normalized spacial score (nSPS) is 21.2. The summed E-state index contributed by atoms with van der Waals surface area (Å²) >= 11 is 0. The van der Waals surface area contributed by atoms with E-state index in [2.05, 4.69) is 20.4 Å². The van der Waals surface area contributed by atoms with Gasteiger partial charge in [-0.05, 0) is 39.0 Å². The van der Waals surface area contributed by atoms with Crippen molar-refractivity contribution < 1.29 is 9.53 Å². The summed E-state index contributed by atoms with van der Waals surface area (Å²) in [6, 6.07) is 0. The zero-order chi connectivity index (χ0) is 12.2. The summed E-state index contributed by atoms with van der Waals surface area (Å²) in [6.45, 7) is 9.52. The van der Waals surface area contributed by atoms with Crippen molar-refractivity contribution in [1.29, 1.82) is 0 Å². The Morgan fingerprint density at radius 3 is 2.38 bits per heavy atom. The molecule has 1 fully saturated rings. The van der Waals surface area contributed by atoms with Crippen molar-refractivity contribution >= 4 is 5.97 Å². The van der Waals surface area contributed by atoms with Crippen LogP contribution >= 0.6 is 0 Å². The second-order valence-electron chi connectivity index (χ2n) is 5.17. The molecule has 0 heterocycles. The lowest BCUT2D eigenvalue weighted by Gasteiger charge is -2.38. The molecule has 0 spiro atoms. The Morgan fingerprint density at radius 2 is 1.94 bits per heavy atom. The second-order valence-corrected chi connectivity index (χ2v) is 5.17. The third-order valence-corrected chi connectivity index (χ3v) is 3.85. The lowest BCUT2D eigenvalue weighted by atomic mass is 9.76. The Labute approximate surface area is 99.1 Å². The highest BCUT2D eigenvalue weighted by molar-refractivity contribution is 5.87. The van der Waals surface area contributed by atoms with Crippen LogP contribution in [0.2, 0.25) is 0 Å². The molecule has 1 aliphatic carbocycles. The van der Waals surface area contributed by atoms with Crippen LogP contribution in [-0.2, 0) is 9.53 Å². The number of hydrogen-bond donors (Lipinski definition) is 0. The monoisotopic (exact) mass is 224 g/mol. The van der Waals surface area contributed by atoms with Crippen molar-refractivity contribution in [2.45, 2.75) is 64.9 Å². The molecule has 0 aromatic heterocycles. The summed E-state index contributed by atoms with van der Waals surface area (Å²) in [7, 11) is 0. The number of hydrogen-bond acceptors (Lipinski definition) is 2. The second kappa shape index (κ2) is 5.51. The molecule has 1 rings (SSSR count). The summed E-state index contributed by atoms with van der Waals surface area (Å²) < 4.78 is 5.65. The molecule has 0 amide bonds. The van der Waals surface area contributed by atoms with Crippen molar-refractivity contribution in [2.75, 3.05) is 0 Å². The first kappa shape index (κ1) is 13.3. The number of ether oxygens (including phenoxy) is 1. The molecule has 2 heteroatoms. The molecule has 1 aliphatic rings. The fourth-order valence-electron chi connectivity index (χ4n) is 2.46. The van der Waals surface area contributed by atoms with E-state index in [-0.39, 0.29) is 11.6 Å². The predicted octanol–water partition coefficient (Wildman–Crippen LogP) is 3.85. The maximum atomic E-state index is 11.6. The highest BCUT2D eigenvalue weighted by Crippen LogP contribution is 2.37. The van der Waals surface area contributed by atoms with E-state index >= 15 is 0 Å². The van der Waals surface area contributed by atoms with Crippen LogP contribution in [0.15, 0.2) is 12.2 Å². The molecule has 1 atom stereocenters. The van der Waals surface area contributed by atoms with Gasteiger partial charge >= 0.3 is 5.97 Å². The summed E-state index contributed by atoms with van der Waals surface area (Å²) in [4.78, 5) is 11.6. The van der Waals surface area contributed by atoms with Gasteiger partial charge < -0.3 is 4.74 Å². The number of esters is 1. The molecule has 0 radical (unpaired) electrons. The van der Waals surface area contributed by atoms with Gasteiger partial charge in [-0.1, -0.05) is 32.8 Å². The Hall–Kier alpha value is -0.790. The lowest BCUT2D eigenvalue weighted by Crippen LogP contribution is -2.40. The third kappa shape index (κ3) is 3.10. The van der Waals surface area contributed by atoms with E-state index in [1.165, 1.54) is 32.1 Å². The zero-order valence-corrected chi connectivity index (χ0v) is 10.8. The minimum Gasteiger partial charge on any atom is -0.456 e. The predicted molar refractivity (Wildman–Crippen MR) is 66.2 cm³/mol. The summed E-state index contributed by atoms with van der Waals surface area (Å²) in [5.74, 6) is 0.282. The van der Waals surface area contributed by atoms with Crippen LogP contribution < -0.4 is 0 Å². The largest absolute Gasteiger partial charge is 0.456 e. The molecule has 0 aromatic carbocycles. The first-order valence-electron chi connectivity index (χ1n) is 6.38. The third-order valence-electron chi connectivity index (χ3n) is 3.85. The molecule has 2 nitrogen and oxygen atoms in total. The quantitative estimate of drug-likeness (QED) is 0.535. The Kier molecular flexibility index (Phi) is 4.57. The van der Waals surface area contributed by atoms with Gasteiger partial charge in [0.25, 0.3) is 0 Å². The molecule has 1 unspecified atom stereocenters. The molecular formula is C14H24O2. The number of carbonyl (C=O) groups excluding carboxylic acids is 1. The zero-order valence-electron chi connectivity index (χ0n) is 10.8. The topological polar surface area (TPSA) is 26.3 Å². The Bertz CT molecular complexity index is 264. The number of rotatable bonds is 4. The van der Waals surface area contributed by atoms with Crippen LogP contribution in [0.25, 0.3) is 0 Å². The fourth-order valence-corrected chi connectivity index (χ4v) is 2.46. The standard InChI is InChI=1S/C14H24O2/c1-5-14(4,16-13(15)11(2)3)12-9-7-6-8-10-12/h12H,2,5-10H2,1,3-4H3. The van der Waals surface area contributed by atoms with E-state index in [9.17, 15) is 4.79 Å². The van der Waals surface area contributed by atoms with E-state index in [0.717, 1.165) is 6.42 Å². The highest BCUT2D eigenvalue weighted by atomic mass is 16.6. The summed E-state index contributed by atoms with van der Waals surface area (Å²) in [5.41, 5.74) is 0.201. The van der Waals surface area contributed by atoms with Gasteiger partial charge in [-0.15, -0.1) is 0 Å². The highest BCUT2D eigenvalue weighted by Gasteiger charge is 2.36. The average molecular weight is 224 g/mol. The van der Waals surface area contributed by atoms with Gasteiger partial charge in [-0.2, -0.15) is 0 Å². The van der Waals surface area contributed by atoms with Crippen molar-refractivity contribution in [1.82, 2.24) is 0 Å². The van der Waals surface area contributed by atoms with Gasteiger partial charge in [0.1, 0.15) is 5.60 Å². The number of carbonyl (C=O) groups is 1. The summed E-state index contributed by atoms with van der Waals surface area (Å²) in [6.07, 6.45) is 7.12. The van der Waals surface area contributed by atoms with E-state index in [1.807, 2.05) is 0 Å². The first-order valence-corrected chi connectivity index (χ1v) is 6.38. The Morgan fingerprint density at radius 1 is 1.38 bits per heavy atom. The summed E-state index contributed by atoms with van der Waals surface area (Å²) in [5, 5.41) is 0. The molecular weight excluding hydrogens is 200 g/mol. The molecule has 0 saturated heterocycles. The van der Waals surface area contributed by atoms with Crippen LogP contribution in [0, 0.1) is 5.92 Å². The van der Waals surface area contributed by atoms with Gasteiger partial charge in [0.15, 0.2) is 0 Å². The SMILES string of the molecule is C=C(C)C(=O)OC(C)(CC)C1CCCCC1.